The van der Waals surface area contributed by atoms with Crippen LogP contribution in [0.3, 0.4) is 0 Å². The van der Waals surface area contributed by atoms with E-state index in [0.29, 0.717) is 35.9 Å². The summed E-state index contributed by atoms with van der Waals surface area (Å²) in [7, 11) is 1.81. The maximum Gasteiger partial charge on any atom is 0.257 e. The van der Waals surface area contributed by atoms with Crippen LogP contribution in [-0.2, 0) is 14.3 Å². The zero-order valence-corrected chi connectivity index (χ0v) is 22.7. The van der Waals surface area contributed by atoms with Gasteiger partial charge in [-0.3, -0.25) is 14.4 Å². The molecular weight excluding hydrogens is 482 g/mol. The van der Waals surface area contributed by atoms with Gasteiger partial charge >= 0.3 is 0 Å². The maximum atomic E-state index is 13.5. The number of amides is 3. The number of fused-ring (bicyclic) bond motifs is 2. The first-order chi connectivity index (χ1) is 18.5. The third kappa shape index (κ3) is 6.50. The summed E-state index contributed by atoms with van der Waals surface area (Å²) in [6, 6.07) is 5.17. The topological polar surface area (TPSA) is 97.0 Å². The highest BCUT2D eigenvalue weighted by Crippen LogP contribution is 2.33. The summed E-state index contributed by atoms with van der Waals surface area (Å²) >= 11 is 0. The molecule has 5 rings (SSSR count). The third-order valence-electron chi connectivity index (χ3n) is 8.98. The van der Waals surface area contributed by atoms with Gasteiger partial charge in [0, 0.05) is 25.2 Å². The van der Waals surface area contributed by atoms with Gasteiger partial charge in [0.15, 0.2) is 0 Å². The van der Waals surface area contributed by atoms with Crippen molar-refractivity contribution >= 4 is 23.4 Å². The Morgan fingerprint density at radius 1 is 0.974 bits per heavy atom. The second kappa shape index (κ2) is 12.5. The molecule has 2 N–H and O–H groups in total. The molecule has 1 saturated heterocycles. The van der Waals surface area contributed by atoms with Crippen molar-refractivity contribution in [2.45, 2.75) is 102 Å². The Bertz CT molecular complexity index is 1000. The van der Waals surface area contributed by atoms with Crippen LogP contribution < -0.4 is 15.4 Å². The van der Waals surface area contributed by atoms with Crippen molar-refractivity contribution in [3.05, 3.63) is 23.8 Å². The van der Waals surface area contributed by atoms with Gasteiger partial charge in [-0.15, -0.1) is 0 Å². The number of carbonyl (C=O) groups excluding carboxylic acids is 3. The number of ether oxygens (including phenoxy) is 2. The molecule has 8 nitrogen and oxygen atoms in total. The quantitative estimate of drug-likeness (QED) is 0.563. The summed E-state index contributed by atoms with van der Waals surface area (Å²) in [5.74, 6) is 1.07. The summed E-state index contributed by atoms with van der Waals surface area (Å²) in [6.07, 6.45) is 12.8. The van der Waals surface area contributed by atoms with Gasteiger partial charge in [-0.2, -0.15) is 0 Å². The van der Waals surface area contributed by atoms with Crippen LogP contribution in [0, 0.1) is 11.8 Å². The van der Waals surface area contributed by atoms with Crippen LogP contribution >= 0.6 is 0 Å². The lowest BCUT2D eigenvalue weighted by Crippen LogP contribution is -2.54. The van der Waals surface area contributed by atoms with Gasteiger partial charge in [0.05, 0.1) is 24.1 Å². The number of hydrogen-bond acceptors (Lipinski definition) is 5. The summed E-state index contributed by atoms with van der Waals surface area (Å²) < 4.78 is 12.4. The van der Waals surface area contributed by atoms with Gasteiger partial charge in [0.2, 0.25) is 11.8 Å². The Morgan fingerprint density at radius 3 is 2.47 bits per heavy atom. The lowest BCUT2D eigenvalue weighted by Gasteiger charge is -2.42. The first-order valence-electron chi connectivity index (χ1n) is 14.7. The Kier molecular flexibility index (Phi) is 8.87. The predicted molar refractivity (Wildman–Crippen MR) is 145 cm³/mol. The summed E-state index contributed by atoms with van der Waals surface area (Å²) in [6.45, 7) is 1.07. The van der Waals surface area contributed by atoms with E-state index in [9.17, 15) is 14.4 Å². The number of anilines is 1. The number of nitrogens with zero attached hydrogens (tertiary/aromatic N) is 1. The molecule has 38 heavy (non-hydrogen) atoms. The van der Waals surface area contributed by atoms with Gasteiger partial charge in [-0.25, -0.2) is 0 Å². The highest BCUT2D eigenvalue weighted by molar-refractivity contribution is 6.00. The highest BCUT2D eigenvalue weighted by atomic mass is 16.5. The summed E-state index contributed by atoms with van der Waals surface area (Å²) in [5.41, 5.74) is 1.08. The standard InChI is InChI=1S/C30H43N3O5/c1-33-25-14-13-23(17-28(34)31-18-20-8-4-2-5-9-20)38-27(25)19-37-26-15-12-22(16-24(26)30(33)36)32-29(35)21-10-6-3-7-11-21/h12,15-16,20-21,23,25,27H,2-11,13-14,17-19H2,1H3,(H,31,34)(H,32,35)/t23-,25+,27+/m1/s1. The van der Waals surface area contributed by atoms with E-state index in [0.717, 1.165) is 45.1 Å². The molecule has 1 aromatic carbocycles. The minimum atomic E-state index is -0.298. The Hall–Kier alpha value is -2.61. The van der Waals surface area contributed by atoms with E-state index < -0.39 is 0 Å². The molecule has 8 heteroatoms. The molecule has 0 unspecified atom stereocenters. The molecular formula is C30H43N3O5. The van der Waals surface area contributed by atoms with Gasteiger partial charge in [0.25, 0.3) is 5.91 Å². The molecule has 1 aromatic rings. The molecule has 2 aliphatic heterocycles. The van der Waals surface area contributed by atoms with E-state index in [1.165, 1.54) is 38.5 Å². The molecule has 0 spiro atoms. The molecule has 2 saturated carbocycles. The van der Waals surface area contributed by atoms with E-state index >= 15 is 0 Å². The first-order valence-corrected chi connectivity index (χ1v) is 14.7. The minimum absolute atomic E-state index is 0.0341. The lowest BCUT2D eigenvalue weighted by molar-refractivity contribution is -0.134. The number of likely N-dealkylation sites (N-methyl/N-ethyl adjacent to an activating group) is 1. The Labute approximate surface area is 226 Å². The molecule has 208 valence electrons. The fourth-order valence-electron chi connectivity index (χ4n) is 6.64. The fourth-order valence-corrected chi connectivity index (χ4v) is 6.64. The molecule has 3 fully saturated rings. The van der Waals surface area contributed by atoms with E-state index in [-0.39, 0.29) is 41.9 Å². The average Bonchev–Trinajstić information content (AvgIpc) is 2.95. The molecule has 0 radical (unpaired) electrons. The van der Waals surface area contributed by atoms with E-state index in [1.807, 2.05) is 7.05 Å². The van der Waals surface area contributed by atoms with Crippen LogP contribution in [0.25, 0.3) is 0 Å². The van der Waals surface area contributed by atoms with Crippen molar-refractivity contribution in [2.24, 2.45) is 11.8 Å². The number of carbonyl (C=O) groups is 3. The number of rotatable bonds is 6. The van der Waals surface area contributed by atoms with Gasteiger partial charge in [0.1, 0.15) is 18.5 Å². The predicted octanol–water partition coefficient (Wildman–Crippen LogP) is 4.67. The molecule has 4 aliphatic rings. The average molecular weight is 526 g/mol. The SMILES string of the molecule is CN1C(=O)c2cc(NC(=O)C3CCCCC3)ccc2OC[C@@H]2O[C@@H](CC(=O)NCC3CCCCC3)CC[C@@H]21. The largest absolute Gasteiger partial charge is 0.490 e. The number of nitrogens with one attached hydrogen (secondary N) is 2. The molecule has 2 aliphatic carbocycles. The second-order valence-corrected chi connectivity index (χ2v) is 11.7. The first kappa shape index (κ1) is 27.0. The summed E-state index contributed by atoms with van der Waals surface area (Å²) in [4.78, 5) is 40.6. The molecule has 2 heterocycles. The van der Waals surface area contributed by atoms with Crippen LogP contribution in [0.2, 0.25) is 0 Å². The van der Waals surface area contributed by atoms with Gasteiger partial charge < -0.3 is 25.0 Å². The Balaban J connectivity index is 1.18. The number of hydrogen-bond donors (Lipinski definition) is 2. The van der Waals surface area contributed by atoms with Crippen LogP contribution in [-0.4, -0.2) is 61.1 Å². The lowest BCUT2D eigenvalue weighted by atomic mass is 9.88. The maximum absolute atomic E-state index is 13.5. The van der Waals surface area contributed by atoms with Crippen molar-refractivity contribution < 1.29 is 23.9 Å². The number of benzene rings is 1. The minimum Gasteiger partial charge on any atom is -0.490 e. The Morgan fingerprint density at radius 2 is 1.71 bits per heavy atom. The normalized spacial score (nSPS) is 26.8. The monoisotopic (exact) mass is 525 g/mol. The van der Waals surface area contributed by atoms with Crippen LogP contribution in [0.5, 0.6) is 5.75 Å². The second-order valence-electron chi connectivity index (χ2n) is 11.7. The molecule has 0 bridgehead atoms. The van der Waals surface area contributed by atoms with E-state index in [2.05, 4.69) is 10.6 Å². The van der Waals surface area contributed by atoms with Crippen molar-refractivity contribution in [1.82, 2.24) is 10.2 Å². The van der Waals surface area contributed by atoms with Crippen LogP contribution in [0.4, 0.5) is 5.69 Å². The summed E-state index contributed by atoms with van der Waals surface area (Å²) in [5, 5.41) is 6.13. The molecule has 0 aromatic heterocycles. The van der Waals surface area contributed by atoms with Gasteiger partial charge in [-0.05, 0) is 62.6 Å². The van der Waals surface area contributed by atoms with E-state index in [4.69, 9.17) is 9.47 Å². The molecule has 3 amide bonds. The van der Waals surface area contributed by atoms with Crippen molar-refractivity contribution in [3.8, 4) is 5.75 Å². The highest BCUT2D eigenvalue weighted by Gasteiger charge is 2.39. The van der Waals surface area contributed by atoms with E-state index in [1.54, 1.807) is 23.1 Å². The van der Waals surface area contributed by atoms with Crippen molar-refractivity contribution in [3.63, 3.8) is 0 Å². The van der Waals surface area contributed by atoms with Crippen molar-refractivity contribution in [2.75, 3.05) is 25.5 Å². The third-order valence-corrected chi connectivity index (χ3v) is 8.98. The zero-order chi connectivity index (χ0) is 26.5. The zero-order valence-electron chi connectivity index (χ0n) is 22.7. The van der Waals surface area contributed by atoms with Gasteiger partial charge in [-0.1, -0.05) is 38.5 Å². The van der Waals surface area contributed by atoms with Crippen LogP contribution in [0.1, 0.15) is 93.8 Å². The van der Waals surface area contributed by atoms with Crippen LogP contribution in [0.15, 0.2) is 18.2 Å². The smallest absolute Gasteiger partial charge is 0.257 e. The molecule has 3 atom stereocenters. The van der Waals surface area contributed by atoms with Crippen molar-refractivity contribution in [1.29, 1.82) is 0 Å². The fraction of sp³-hybridized carbons (Fsp3) is 0.700.